The van der Waals surface area contributed by atoms with Crippen molar-refractivity contribution in [2.45, 2.75) is 12.5 Å². The number of hydrogen-bond acceptors (Lipinski definition) is 5. The van der Waals surface area contributed by atoms with Gasteiger partial charge in [0.25, 0.3) is 5.91 Å². The Morgan fingerprint density at radius 3 is 2.82 bits per heavy atom. The number of fused-ring (bicyclic) bond motifs is 2. The van der Waals surface area contributed by atoms with Crippen LogP contribution in [-0.2, 0) is 0 Å². The van der Waals surface area contributed by atoms with Crippen LogP contribution in [0.4, 0.5) is 0 Å². The Balaban J connectivity index is 1.65. The molecule has 0 aliphatic carbocycles. The van der Waals surface area contributed by atoms with Gasteiger partial charge in [-0.15, -0.1) is 0 Å². The highest BCUT2D eigenvalue weighted by molar-refractivity contribution is 7.98. The number of aromatic amines is 1. The molecule has 0 radical (unpaired) electrons. The maximum absolute atomic E-state index is 12.9. The van der Waals surface area contributed by atoms with Gasteiger partial charge in [0.05, 0.1) is 17.1 Å². The number of benzene rings is 2. The lowest BCUT2D eigenvalue weighted by Gasteiger charge is -2.16. The van der Waals surface area contributed by atoms with Crippen molar-refractivity contribution in [1.82, 2.24) is 15.3 Å². The molecule has 0 bridgehead atoms. The molecule has 28 heavy (non-hydrogen) atoms. The predicted molar refractivity (Wildman–Crippen MR) is 112 cm³/mol. The van der Waals surface area contributed by atoms with E-state index in [0.29, 0.717) is 23.2 Å². The summed E-state index contributed by atoms with van der Waals surface area (Å²) in [5.74, 6) is 1.05. The lowest BCUT2D eigenvalue weighted by molar-refractivity contribution is 0.0930. The molecule has 4 aromatic rings. The van der Waals surface area contributed by atoms with E-state index in [0.717, 1.165) is 16.8 Å². The smallest absolute Gasteiger partial charge is 0.349 e. The number of carbonyl (C=O) groups is 1. The number of amides is 1. The zero-order valence-electron chi connectivity index (χ0n) is 15.3. The lowest BCUT2D eigenvalue weighted by atomic mass is 10.1. The van der Waals surface area contributed by atoms with Gasteiger partial charge in [-0.2, -0.15) is 11.8 Å². The molecular weight excluding hydrogens is 374 g/mol. The van der Waals surface area contributed by atoms with Gasteiger partial charge in [-0.3, -0.25) is 4.79 Å². The van der Waals surface area contributed by atoms with E-state index in [4.69, 9.17) is 4.42 Å². The number of rotatable bonds is 6. The predicted octanol–water partition coefficient (Wildman–Crippen LogP) is 3.89. The number of H-pyrrole nitrogens is 1. The number of thioether (sulfide) groups is 1. The molecule has 142 valence electrons. The topological polar surface area (TPSA) is 88.0 Å². The van der Waals surface area contributed by atoms with Gasteiger partial charge in [-0.25, -0.2) is 9.78 Å². The fourth-order valence-electron chi connectivity index (χ4n) is 3.11. The van der Waals surface area contributed by atoms with E-state index in [1.54, 1.807) is 36.0 Å². The monoisotopic (exact) mass is 393 g/mol. The minimum Gasteiger partial charge on any atom is -0.422 e. The van der Waals surface area contributed by atoms with Crippen molar-refractivity contribution in [3.63, 3.8) is 0 Å². The highest BCUT2D eigenvalue weighted by Crippen LogP contribution is 2.21. The lowest BCUT2D eigenvalue weighted by Crippen LogP contribution is -2.32. The molecule has 2 heterocycles. The summed E-state index contributed by atoms with van der Waals surface area (Å²) in [4.78, 5) is 33.0. The maximum atomic E-state index is 12.9. The maximum Gasteiger partial charge on any atom is 0.349 e. The van der Waals surface area contributed by atoms with E-state index >= 15 is 0 Å². The molecule has 0 saturated carbocycles. The van der Waals surface area contributed by atoms with Crippen LogP contribution in [0, 0.1) is 0 Å². The zero-order chi connectivity index (χ0) is 19.5. The van der Waals surface area contributed by atoms with Crippen LogP contribution in [0.25, 0.3) is 22.0 Å². The number of hydrogen-bond donors (Lipinski definition) is 2. The van der Waals surface area contributed by atoms with E-state index in [9.17, 15) is 9.59 Å². The van der Waals surface area contributed by atoms with Crippen LogP contribution in [0.5, 0.6) is 0 Å². The van der Waals surface area contributed by atoms with Gasteiger partial charge < -0.3 is 14.7 Å². The number of nitrogens with zero attached hydrogens (tertiary/aromatic N) is 1. The summed E-state index contributed by atoms with van der Waals surface area (Å²) in [5.41, 5.74) is 1.55. The Kier molecular flexibility index (Phi) is 5.16. The van der Waals surface area contributed by atoms with Gasteiger partial charge >= 0.3 is 5.63 Å². The van der Waals surface area contributed by atoms with E-state index in [2.05, 4.69) is 15.3 Å². The first-order valence-corrected chi connectivity index (χ1v) is 10.3. The number of aromatic nitrogens is 2. The summed E-state index contributed by atoms with van der Waals surface area (Å²) in [7, 11) is 0. The van der Waals surface area contributed by atoms with Gasteiger partial charge in [-0.1, -0.05) is 30.3 Å². The molecule has 0 spiro atoms. The van der Waals surface area contributed by atoms with E-state index in [1.807, 2.05) is 36.6 Å². The molecule has 1 amide bonds. The van der Waals surface area contributed by atoms with Crippen molar-refractivity contribution in [1.29, 1.82) is 0 Å². The molecule has 0 aliphatic rings. The molecule has 2 N–H and O–H groups in total. The Bertz CT molecular complexity index is 1170. The highest BCUT2D eigenvalue weighted by atomic mass is 32.2. The van der Waals surface area contributed by atoms with Crippen LogP contribution in [0.2, 0.25) is 0 Å². The molecule has 0 saturated heterocycles. The van der Waals surface area contributed by atoms with Gasteiger partial charge in [0, 0.05) is 5.39 Å². The number of para-hydroxylation sites is 3. The van der Waals surface area contributed by atoms with Crippen molar-refractivity contribution >= 4 is 39.7 Å². The summed E-state index contributed by atoms with van der Waals surface area (Å²) in [6, 6.07) is 16.1. The molecule has 4 rings (SSSR count). The standard InChI is InChI=1S/C21H19N3O3S/c1-28-11-10-17(19-22-15-7-3-4-8-16(15)23-19)24-20(25)14-12-13-6-2-5-9-18(13)27-21(14)26/h2-9,12,17H,10-11H2,1H3,(H,22,23)(H,24,25). The minimum atomic E-state index is -0.649. The number of nitrogens with one attached hydrogen (secondary N) is 2. The zero-order valence-corrected chi connectivity index (χ0v) is 16.1. The summed E-state index contributed by atoms with van der Waals surface area (Å²) in [5, 5.41) is 3.65. The van der Waals surface area contributed by atoms with Gasteiger partial charge in [-0.05, 0) is 42.7 Å². The van der Waals surface area contributed by atoms with Gasteiger partial charge in [0.1, 0.15) is 17.0 Å². The van der Waals surface area contributed by atoms with E-state index in [-0.39, 0.29) is 11.6 Å². The third kappa shape index (κ3) is 3.66. The Morgan fingerprint density at radius 1 is 1.21 bits per heavy atom. The first-order valence-electron chi connectivity index (χ1n) is 8.93. The third-order valence-corrected chi connectivity index (χ3v) is 5.18. The molecular formula is C21H19N3O3S. The van der Waals surface area contributed by atoms with Gasteiger partial charge in [0.15, 0.2) is 0 Å². The Morgan fingerprint density at radius 2 is 2.00 bits per heavy atom. The average molecular weight is 393 g/mol. The van der Waals surface area contributed by atoms with E-state index in [1.165, 1.54) is 0 Å². The first kappa shape index (κ1) is 18.3. The second kappa shape index (κ2) is 7.90. The Hall–Kier alpha value is -3.06. The van der Waals surface area contributed by atoms with Crippen LogP contribution in [-0.4, -0.2) is 27.9 Å². The average Bonchev–Trinajstić information content (AvgIpc) is 3.14. The fourth-order valence-corrected chi connectivity index (χ4v) is 3.58. The second-order valence-electron chi connectivity index (χ2n) is 6.43. The van der Waals surface area contributed by atoms with Crippen LogP contribution in [0.3, 0.4) is 0 Å². The number of imidazole rings is 1. The van der Waals surface area contributed by atoms with Crippen LogP contribution in [0.15, 0.2) is 63.8 Å². The second-order valence-corrected chi connectivity index (χ2v) is 7.42. The van der Waals surface area contributed by atoms with Gasteiger partial charge in [0.2, 0.25) is 0 Å². The summed E-state index contributed by atoms with van der Waals surface area (Å²) >= 11 is 1.69. The van der Waals surface area contributed by atoms with Crippen molar-refractivity contribution < 1.29 is 9.21 Å². The van der Waals surface area contributed by atoms with Crippen molar-refractivity contribution in [3.8, 4) is 0 Å². The van der Waals surface area contributed by atoms with Crippen LogP contribution >= 0.6 is 11.8 Å². The third-order valence-electron chi connectivity index (χ3n) is 4.54. The summed E-state index contributed by atoms with van der Waals surface area (Å²) in [6.07, 6.45) is 2.70. The molecule has 2 aromatic carbocycles. The molecule has 0 fully saturated rings. The van der Waals surface area contributed by atoms with E-state index < -0.39 is 11.5 Å². The Labute approximate surface area is 165 Å². The quantitative estimate of drug-likeness (QED) is 0.485. The molecule has 2 aromatic heterocycles. The van der Waals surface area contributed by atoms with Crippen LogP contribution in [0.1, 0.15) is 28.6 Å². The van der Waals surface area contributed by atoms with Crippen molar-refractivity contribution in [2.24, 2.45) is 0 Å². The number of carbonyl (C=O) groups excluding carboxylic acids is 1. The van der Waals surface area contributed by atoms with Crippen molar-refractivity contribution in [2.75, 3.05) is 12.0 Å². The minimum absolute atomic E-state index is 0.0102. The molecule has 7 heteroatoms. The highest BCUT2D eigenvalue weighted by Gasteiger charge is 2.21. The molecule has 6 nitrogen and oxygen atoms in total. The van der Waals surface area contributed by atoms with Crippen molar-refractivity contribution in [3.05, 3.63) is 76.4 Å². The molecule has 0 aliphatic heterocycles. The van der Waals surface area contributed by atoms with Crippen LogP contribution < -0.4 is 10.9 Å². The molecule has 1 atom stereocenters. The normalized spacial score (nSPS) is 12.3. The summed E-state index contributed by atoms with van der Waals surface area (Å²) < 4.78 is 5.29. The first-order chi connectivity index (χ1) is 13.7. The fraction of sp³-hybridized carbons (Fsp3) is 0.190. The largest absolute Gasteiger partial charge is 0.422 e. The SMILES string of the molecule is CSCCC(NC(=O)c1cc2ccccc2oc1=O)c1nc2ccccc2[nH]1. The summed E-state index contributed by atoms with van der Waals surface area (Å²) in [6.45, 7) is 0. The molecule has 1 unspecified atom stereocenters.